The first-order valence-electron chi connectivity index (χ1n) is 9.15. The van der Waals surface area contributed by atoms with Crippen molar-refractivity contribution in [3.63, 3.8) is 0 Å². The Balaban J connectivity index is 1.93. The minimum Gasteiger partial charge on any atom is -0.321 e. The van der Waals surface area contributed by atoms with Gasteiger partial charge < -0.3 is 9.88 Å². The van der Waals surface area contributed by atoms with Crippen molar-refractivity contribution in [2.45, 2.75) is 27.2 Å². The molecule has 5 nitrogen and oxygen atoms in total. The van der Waals surface area contributed by atoms with Crippen molar-refractivity contribution in [1.29, 1.82) is 5.26 Å². The van der Waals surface area contributed by atoms with Crippen molar-refractivity contribution in [3.8, 4) is 11.8 Å². The number of benzene rings is 1. The lowest BCUT2D eigenvalue weighted by Gasteiger charge is -2.09. The molecule has 5 heteroatoms. The molecule has 0 bridgehead atoms. The number of carbonyl (C=O) groups excluding carboxylic acids is 1. The van der Waals surface area contributed by atoms with E-state index in [1.54, 1.807) is 18.5 Å². The smallest absolute Gasteiger partial charge is 0.266 e. The number of carbonyl (C=O) groups is 1. The van der Waals surface area contributed by atoms with Crippen molar-refractivity contribution in [1.82, 2.24) is 9.55 Å². The molecule has 1 N–H and O–H groups in total. The molecule has 1 aromatic carbocycles. The summed E-state index contributed by atoms with van der Waals surface area (Å²) in [5.41, 5.74) is 5.55. The summed E-state index contributed by atoms with van der Waals surface area (Å²) in [6.07, 6.45) is 5.95. The Kier molecular flexibility index (Phi) is 5.71. The fraction of sp³-hybridized carbons (Fsp3) is 0.174. The van der Waals surface area contributed by atoms with Gasteiger partial charge in [0.1, 0.15) is 11.6 Å². The number of nitrogens with one attached hydrogen (secondary N) is 1. The Morgan fingerprint density at radius 1 is 1.25 bits per heavy atom. The molecule has 2 heterocycles. The van der Waals surface area contributed by atoms with Crippen LogP contribution in [0.1, 0.15) is 29.4 Å². The van der Waals surface area contributed by atoms with E-state index < -0.39 is 5.91 Å². The van der Waals surface area contributed by atoms with Gasteiger partial charge in [-0.05, 0) is 61.7 Å². The molecule has 2 aromatic heterocycles. The van der Waals surface area contributed by atoms with Gasteiger partial charge in [-0.3, -0.25) is 9.78 Å². The second kappa shape index (κ2) is 8.36. The highest BCUT2D eigenvalue weighted by Gasteiger charge is 2.15. The third kappa shape index (κ3) is 3.86. The van der Waals surface area contributed by atoms with Crippen LogP contribution in [0.3, 0.4) is 0 Å². The van der Waals surface area contributed by atoms with Gasteiger partial charge in [-0.25, -0.2) is 0 Å². The van der Waals surface area contributed by atoms with E-state index in [0.29, 0.717) is 0 Å². The normalized spacial score (nSPS) is 11.1. The topological polar surface area (TPSA) is 70.7 Å². The van der Waals surface area contributed by atoms with Crippen molar-refractivity contribution in [2.75, 3.05) is 5.32 Å². The summed E-state index contributed by atoms with van der Waals surface area (Å²) in [5, 5.41) is 12.4. The number of aryl methyl sites for hydroxylation is 2. The number of hydrogen-bond donors (Lipinski definition) is 1. The van der Waals surface area contributed by atoms with Gasteiger partial charge in [0, 0.05) is 23.3 Å². The molecular formula is C23H22N4O. The molecule has 0 fully saturated rings. The lowest BCUT2D eigenvalue weighted by Crippen LogP contribution is -2.14. The molecule has 0 radical (unpaired) electrons. The van der Waals surface area contributed by atoms with E-state index in [2.05, 4.69) is 14.9 Å². The average Bonchev–Trinajstić information content (AvgIpc) is 3.00. The Morgan fingerprint density at radius 2 is 2.04 bits per heavy atom. The average molecular weight is 370 g/mol. The van der Waals surface area contributed by atoms with E-state index in [0.717, 1.165) is 40.3 Å². The van der Waals surface area contributed by atoms with Crippen LogP contribution in [-0.2, 0) is 11.2 Å². The largest absolute Gasteiger partial charge is 0.321 e. The molecule has 3 aromatic rings. The number of amides is 1. The van der Waals surface area contributed by atoms with E-state index in [4.69, 9.17) is 0 Å². The summed E-state index contributed by atoms with van der Waals surface area (Å²) in [6.45, 7) is 5.98. The second-order valence-corrected chi connectivity index (χ2v) is 6.51. The first kappa shape index (κ1) is 19.1. The molecule has 0 aliphatic heterocycles. The van der Waals surface area contributed by atoms with Crippen LogP contribution in [0.15, 0.2) is 60.4 Å². The van der Waals surface area contributed by atoms with Crippen molar-refractivity contribution in [2.24, 2.45) is 0 Å². The van der Waals surface area contributed by atoms with Gasteiger partial charge in [-0.1, -0.05) is 25.1 Å². The maximum absolute atomic E-state index is 12.7. The molecule has 1 amide bonds. The zero-order valence-corrected chi connectivity index (χ0v) is 16.2. The molecule has 0 aliphatic carbocycles. The molecule has 0 unspecified atom stereocenters. The Bertz CT molecular complexity index is 1070. The van der Waals surface area contributed by atoms with Gasteiger partial charge in [0.25, 0.3) is 5.91 Å². The summed E-state index contributed by atoms with van der Waals surface area (Å²) in [6, 6.07) is 15.5. The Morgan fingerprint density at radius 3 is 2.71 bits per heavy atom. The van der Waals surface area contributed by atoms with Crippen LogP contribution in [0.2, 0.25) is 0 Å². The summed E-state index contributed by atoms with van der Waals surface area (Å²) < 4.78 is 2.05. The van der Waals surface area contributed by atoms with E-state index in [9.17, 15) is 10.1 Å². The van der Waals surface area contributed by atoms with E-state index in [1.807, 2.05) is 69.3 Å². The monoisotopic (exact) mass is 370 g/mol. The van der Waals surface area contributed by atoms with Crippen LogP contribution < -0.4 is 5.32 Å². The van der Waals surface area contributed by atoms with Crippen LogP contribution >= 0.6 is 0 Å². The zero-order chi connectivity index (χ0) is 20.1. The Hall–Kier alpha value is -3.65. The van der Waals surface area contributed by atoms with Gasteiger partial charge in [-0.15, -0.1) is 0 Å². The van der Waals surface area contributed by atoms with Crippen molar-refractivity contribution in [3.05, 3.63) is 82.9 Å². The molecule has 28 heavy (non-hydrogen) atoms. The lowest BCUT2D eigenvalue weighted by atomic mass is 10.1. The zero-order valence-electron chi connectivity index (χ0n) is 16.2. The second-order valence-electron chi connectivity index (χ2n) is 6.51. The number of anilines is 1. The number of para-hydroxylation sites is 1. The molecule has 0 atom stereocenters. The minimum absolute atomic E-state index is 0.0670. The van der Waals surface area contributed by atoms with Gasteiger partial charge in [0.15, 0.2) is 0 Å². The van der Waals surface area contributed by atoms with Gasteiger partial charge >= 0.3 is 0 Å². The van der Waals surface area contributed by atoms with Crippen molar-refractivity contribution < 1.29 is 4.79 Å². The van der Waals surface area contributed by atoms with Crippen LogP contribution in [-0.4, -0.2) is 15.5 Å². The highest BCUT2D eigenvalue weighted by molar-refractivity contribution is 6.10. The first-order valence-corrected chi connectivity index (χ1v) is 9.15. The molecule has 3 rings (SSSR count). The third-order valence-corrected chi connectivity index (χ3v) is 4.69. The highest BCUT2D eigenvalue weighted by atomic mass is 16.1. The maximum atomic E-state index is 12.7. The van der Waals surface area contributed by atoms with E-state index in [-0.39, 0.29) is 5.57 Å². The number of nitriles is 1. The van der Waals surface area contributed by atoms with Gasteiger partial charge in [-0.2, -0.15) is 5.26 Å². The van der Waals surface area contributed by atoms with Crippen LogP contribution in [0, 0.1) is 25.2 Å². The number of aromatic nitrogens is 2. The summed E-state index contributed by atoms with van der Waals surface area (Å²) in [4.78, 5) is 16.8. The van der Waals surface area contributed by atoms with Crippen LogP contribution in [0.25, 0.3) is 11.8 Å². The van der Waals surface area contributed by atoms with Crippen LogP contribution in [0.5, 0.6) is 0 Å². The number of rotatable bonds is 5. The summed E-state index contributed by atoms with van der Waals surface area (Å²) in [5.74, 6) is -0.408. The summed E-state index contributed by atoms with van der Waals surface area (Å²) >= 11 is 0. The molecular weight excluding hydrogens is 348 g/mol. The molecule has 140 valence electrons. The molecule has 0 spiro atoms. The maximum Gasteiger partial charge on any atom is 0.266 e. The highest BCUT2D eigenvalue weighted by Crippen LogP contribution is 2.23. The van der Waals surface area contributed by atoms with E-state index in [1.165, 1.54) is 0 Å². The minimum atomic E-state index is -0.408. The number of nitrogens with zero attached hydrogens (tertiary/aromatic N) is 3. The Labute approximate surface area is 165 Å². The third-order valence-electron chi connectivity index (χ3n) is 4.69. The predicted molar refractivity (Wildman–Crippen MR) is 111 cm³/mol. The number of pyridine rings is 1. The SMILES string of the molecule is CCc1ccccc1NC(=O)C(C#N)=Cc1cc(C)n(-c2cccnc2)c1C. The number of hydrogen-bond acceptors (Lipinski definition) is 3. The fourth-order valence-electron chi connectivity index (χ4n) is 3.26. The molecule has 0 aliphatic rings. The first-order chi connectivity index (χ1) is 13.5. The van der Waals surface area contributed by atoms with Crippen molar-refractivity contribution >= 4 is 17.7 Å². The predicted octanol–water partition coefficient (Wildman–Crippen LogP) is 4.60. The quantitative estimate of drug-likeness (QED) is 0.527. The summed E-state index contributed by atoms with van der Waals surface area (Å²) in [7, 11) is 0. The fourth-order valence-corrected chi connectivity index (χ4v) is 3.26. The lowest BCUT2D eigenvalue weighted by molar-refractivity contribution is -0.112. The standard InChI is InChI=1S/C23H22N4O/c1-4-18-8-5-6-10-22(18)26-23(28)20(14-24)13-19-12-16(2)27(17(19)3)21-9-7-11-25-15-21/h5-13,15H,4H2,1-3H3,(H,26,28). The molecule has 0 saturated heterocycles. The van der Waals surface area contributed by atoms with E-state index >= 15 is 0 Å². The molecule has 0 saturated carbocycles. The van der Waals surface area contributed by atoms with Gasteiger partial charge in [0.05, 0.1) is 11.9 Å². The van der Waals surface area contributed by atoms with Crippen LogP contribution in [0.4, 0.5) is 5.69 Å². The van der Waals surface area contributed by atoms with Gasteiger partial charge in [0.2, 0.25) is 0 Å².